The van der Waals surface area contributed by atoms with Crippen molar-refractivity contribution in [1.82, 2.24) is 19.4 Å². The standard InChI is InChI=1S/C23H30N6OS/c1-31(25,30)9-6-16-4-2-5-18(10-16)20-14-29(23-21(20)22(24)26-15-27-23)19-11-17(12-19)13-28-7-3-8-28/h2,4-5,10,14-15,17,19,25H,3,6-9,11-13H2,1H3,(H2,24,26,27). The maximum Gasteiger partial charge on any atom is 0.146 e. The first kappa shape index (κ1) is 20.5. The normalized spacial score (nSPS) is 23.3. The van der Waals surface area contributed by atoms with Crippen LogP contribution in [-0.2, 0) is 16.1 Å². The summed E-state index contributed by atoms with van der Waals surface area (Å²) in [6.07, 6.45) is 9.56. The molecular formula is C23H30N6OS. The van der Waals surface area contributed by atoms with Gasteiger partial charge in [0.15, 0.2) is 0 Å². The smallest absolute Gasteiger partial charge is 0.146 e. The van der Waals surface area contributed by atoms with E-state index >= 15 is 0 Å². The molecule has 0 spiro atoms. The number of likely N-dealkylation sites (tertiary alicyclic amines) is 1. The monoisotopic (exact) mass is 438 g/mol. The van der Waals surface area contributed by atoms with Crippen LogP contribution in [0.3, 0.4) is 0 Å². The van der Waals surface area contributed by atoms with Crippen LogP contribution in [0.1, 0.15) is 30.9 Å². The van der Waals surface area contributed by atoms with Crippen molar-refractivity contribution < 1.29 is 4.21 Å². The lowest BCUT2D eigenvalue weighted by Crippen LogP contribution is -2.43. The van der Waals surface area contributed by atoms with Crippen molar-refractivity contribution in [3.63, 3.8) is 0 Å². The zero-order chi connectivity index (χ0) is 21.6. The largest absolute Gasteiger partial charge is 0.383 e. The van der Waals surface area contributed by atoms with Gasteiger partial charge in [0, 0.05) is 46.1 Å². The van der Waals surface area contributed by atoms with Gasteiger partial charge >= 0.3 is 0 Å². The molecule has 8 heteroatoms. The Kier molecular flexibility index (Phi) is 5.22. The molecule has 1 saturated heterocycles. The lowest BCUT2D eigenvalue weighted by atomic mass is 9.79. The topological polar surface area (TPSA) is 101 Å². The lowest BCUT2D eigenvalue weighted by Gasteiger charge is -2.42. The average Bonchev–Trinajstić information content (AvgIpc) is 3.04. The molecule has 0 amide bonds. The van der Waals surface area contributed by atoms with E-state index in [0.717, 1.165) is 33.6 Å². The van der Waals surface area contributed by atoms with Gasteiger partial charge in [-0.05, 0) is 55.8 Å². The summed E-state index contributed by atoms with van der Waals surface area (Å²) in [5.41, 5.74) is 10.4. The Bertz CT molecular complexity index is 1210. The second-order valence-electron chi connectivity index (χ2n) is 9.21. The van der Waals surface area contributed by atoms with Crippen molar-refractivity contribution in [2.24, 2.45) is 5.92 Å². The van der Waals surface area contributed by atoms with Crippen molar-refractivity contribution in [2.45, 2.75) is 31.7 Å². The van der Waals surface area contributed by atoms with Gasteiger partial charge in [0.2, 0.25) is 0 Å². The lowest BCUT2D eigenvalue weighted by molar-refractivity contribution is 0.0921. The van der Waals surface area contributed by atoms with Crippen LogP contribution in [-0.4, -0.2) is 55.3 Å². The van der Waals surface area contributed by atoms with Crippen molar-refractivity contribution in [3.8, 4) is 11.1 Å². The van der Waals surface area contributed by atoms with Gasteiger partial charge in [-0.25, -0.2) is 9.97 Å². The molecule has 1 saturated carbocycles. The molecule has 1 aliphatic heterocycles. The summed E-state index contributed by atoms with van der Waals surface area (Å²) in [6.45, 7) is 3.73. The van der Waals surface area contributed by atoms with Crippen molar-refractivity contribution >= 4 is 26.6 Å². The number of hydrogen-bond acceptors (Lipinski definition) is 6. The number of nitrogen functional groups attached to an aromatic ring is 1. The highest BCUT2D eigenvalue weighted by molar-refractivity contribution is 7.91. The molecule has 31 heavy (non-hydrogen) atoms. The summed E-state index contributed by atoms with van der Waals surface area (Å²) >= 11 is 0. The molecule has 2 fully saturated rings. The molecule has 1 atom stereocenters. The second kappa shape index (κ2) is 7.91. The molecule has 3 N–H and O–H groups in total. The Labute approximate surface area is 183 Å². The molecule has 5 rings (SSSR count). The van der Waals surface area contributed by atoms with Crippen LogP contribution in [0.15, 0.2) is 36.8 Å². The van der Waals surface area contributed by atoms with Crippen LogP contribution < -0.4 is 5.73 Å². The Hall–Kier alpha value is -2.45. The third-order valence-corrected chi connectivity index (χ3v) is 7.71. The summed E-state index contributed by atoms with van der Waals surface area (Å²) in [6, 6.07) is 8.69. The van der Waals surface area contributed by atoms with E-state index < -0.39 is 9.73 Å². The van der Waals surface area contributed by atoms with E-state index in [9.17, 15) is 4.21 Å². The minimum absolute atomic E-state index is 0.365. The second-order valence-corrected chi connectivity index (χ2v) is 11.6. The zero-order valence-electron chi connectivity index (χ0n) is 18.0. The van der Waals surface area contributed by atoms with Crippen LogP contribution in [0.5, 0.6) is 0 Å². The highest BCUT2D eigenvalue weighted by Gasteiger charge is 2.34. The van der Waals surface area contributed by atoms with Gasteiger partial charge < -0.3 is 15.2 Å². The van der Waals surface area contributed by atoms with E-state index in [4.69, 9.17) is 10.5 Å². The molecule has 0 radical (unpaired) electrons. The average molecular weight is 439 g/mol. The first-order valence-electron chi connectivity index (χ1n) is 11.0. The van der Waals surface area contributed by atoms with Gasteiger partial charge in [0.05, 0.1) is 5.39 Å². The van der Waals surface area contributed by atoms with Gasteiger partial charge in [0.1, 0.15) is 17.8 Å². The van der Waals surface area contributed by atoms with E-state index in [1.165, 1.54) is 45.2 Å². The van der Waals surface area contributed by atoms with Gasteiger partial charge in [0.25, 0.3) is 0 Å². The molecule has 2 aliphatic rings. The fraction of sp³-hybridized carbons (Fsp3) is 0.478. The SMILES string of the molecule is CS(=N)(=O)CCc1cccc(-c2cn(C3CC(CN4CCC4)C3)c3ncnc(N)c23)c1. The van der Waals surface area contributed by atoms with E-state index in [2.05, 4.69) is 37.8 Å². The molecule has 3 aromatic rings. The highest BCUT2D eigenvalue weighted by atomic mass is 32.2. The van der Waals surface area contributed by atoms with Crippen LogP contribution in [0.2, 0.25) is 0 Å². The Morgan fingerprint density at radius 1 is 1.26 bits per heavy atom. The third-order valence-electron chi connectivity index (χ3n) is 6.73. The first-order chi connectivity index (χ1) is 14.9. The molecule has 1 aromatic carbocycles. The number of fused-ring (bicyclic) bond motifs is 1. The number of nitrogens with one attached hydrogen (secondary N) is 1. The molecule has 7 nitrogen and oxygen atoms in total. The molecule has 1 aliphatic carbocycles. The molecule has 1 unspecified atom stereocenters. The van der Waals surface area contributed by atoms with Crippen molar-refractivity contribution in [1.29, 1.82) is 4.78 Å². The fourth-order valence-electron chi connectivity index (χ4n) is 4.82. The molecule has 0 bridgehead atoms. The Morgan fingerprint density at radius 3 is 2.77 bits per heavy atom. The van der Waals surface area contributed by atoms with Crippen LogP contribution in [0.25, 0.3) is 22.2 Å². The van der Waals surface area contributed by atoms with E-state index in [-0.39, 0.29) is 0 Å². The Balaban J connectivity index is 1.44. The van der Waals surface area contributed by atoms with E-state index in [1.54, 1.807) is 6.33 Å². The minimum Gasteiger partial charge on any atom is -0.383 e. The highest BCUT2D eigenvalue weighted by Crippen LogP contribution is 2.43. The minimum atomic E-state index is -2.50. The van der Waals surface area contributed by atoms with Gasteiger partial charge in [-0.15, -0.1) is 0 Å². The van der Waals surface area contributed by atoms with Crippen molar-refractivity contribution in [3.05, 3.63) is 42.4 Å². The third kappa shape index (κ3) is 4.19. The number of aryl methyl sites for hydroxylation is 1. The van der Waals surface area contributed by atoms with E-state index in [1.807, 2.05) is 12.1 Å². The fourth-order valence-corrected chi connectivity index (χ4v) is 5.44. The summed E-state index contributed by atoms with van der Waals surface area (Å²) in [5, 5.41) is 0.908. The molecule has 164 valence electrons. The number of hydrogen-bond donors (Lipinski definition) is 2. The summed E-state index contributed by atoms with van der Waals surface area (Å²) in [7, 11) is -2.50. The number of benzene rings is 1. The van der Waals surface area contributed by atoms with Crippen LogP contribution >= 0.6 is 0 Å². The maximum absolute atomic E-state index is 11.8. The van der Waals surface area contributed by atoms with Gasteiger partial charge in [-0.3, -0.25) is 8.99 Å². The number of nitrogens with two attached hydrogens (primary N) is 1. The van der Waals surface area contributed by atoms with Crippen LogP contribution in [0.4, 0.5) is 5.82 Å². The number of anilines is 1. The number of rotatable bonds is 7. The predicted octanol–water partition coefficient (Wildman–Crippen LogP) is 3.56. The van der Waals surface area contributed by atoms with Gasteiger partial charge in [-0.1, -0.05) is 24.3 Å². The quantitative estimate of drug-likeness (QED) is 0.587. The number of aromatic nitrogens is 3. The number of nitrogens with zero attached hydrogens (tertiary/aromatic N) is 4. The maximum atomic E-state index is 11.8. The predicted molar refractivity (Wildman–Crippen MR) is 126 cm³/mol. The van der Waals surface area contributed by atoms with Crippen molar-refractivity contribution in [2.75, 3.05) is 37.4 Å². The molecule has 3 heterocycles. The molecular weight excluding hydrogens is 408 g/mol. The Morgan fingerprint density at radius 2 is 2.06 bits per heavy atom. The zero-order valence-corrected chi connectivity index (χ0v) is 18.8. The van der Waals surface area contributed by atoms with Crippen LogP contribution in [0, 0.1) is 10.7 Å². The summed E-state index contributed by atoms with van der Waals surface area (Å²) in [4.78, 5) is 11.4. The summed E-state index contributed by atoms with van der Waals surface area (Å²) in [5.74, 6) is 1.63. The summed E-state index contributed by atoms with van der Waals surface area (Å²) < 4.78 is 21.8. The van der Waals surface area contributed by atoms with Gasteiger partial charge in [-0.2, -0.15) is 0 Å². The van der Waals surface area contributed by atoms with E-state index in [0.29, 0.717) is 24.0 Å². The first-order valence-corrected chi connectivity index (χ1v) is 13.1. The molecule has 2 aromatic heterocycles.